The molecule has 0 unspecified atom stereocenters. The highest BCUT2D eigenvalue weighted by Gasteiger charge is 2.14. The summed E-state index contributed by atoms with van der Waals surface area (Å²) in [5.41, 5.74) is 1.08. The van der Waals surface area contributed by atoms with Gasteiger partial charge < -0.3 is 15.5 Å². The number of hydrogen-bond acceptors (Lipinski definition) is 3. The van der Waals surface area contributed by atoms with Gasteiger partial charge >= 0.3 is 0 Å². The normalized spacial score (nSPS) is 10.1. The Bertz CT molecular complexity index is 541. The first-order valence-corrected chi connectivity index (χ1v) is 7.13. The Labute approximate surface area is 130 Å². The van der Waals surface area contributed by atoms with Crippen LogP contribution >= 0.6 is 12.2 Å². The maximum atomic E-state index is 12.1. The number of thiocarbonyl (C=S) groups is 1. The van der Waals surface area contributed by atoms with Crippen LogP contribution in [-0.4, -0.2) is 35.9 Å². The largest absolute Gasteiger partial charge is 0.345 e. The lowest BCUT2D eigenvalue weighted by Gasteiger charge is -2.16. The second kappa shape index (κ2) is 7.73. The predicted octanol–water partition coefficient (Wildman–Crippen LogP) is 2.25. The van der Waals surface area contributed by atoms with Crippen molar-refractivity contribution in [3.63, 3.8) is 0 Å². The number of nitrogens with one attached hydrogen (secondary N) is 2. The minimum atomic E-state index is -0.140. The molecule has 0 saturated carbocycles. The Hall–Kier alpha value is -1.95. The molecule has 0 aromatic heterocycles. The molecule has 0 bridgehead atoms. The molecular weight excluding hydrogens is 286 g/mol. The van der Waals surface area contributed by atoms with Crippen molar-refractivity contribution in [2.75, 3.05) is 19.4 Å². The molecule has 1 rings (SSSR count). The highest BCUT2D eigenvalue weighted by atomic mass is 32.1. The lowest BCUT2D eigenvalue weighted by molar-refractivity contribution is -0.120. The molecule has 5 nitrogen and oxygen atoms in total. The Balaban J connectivity index is 2.77. The molecule has 2 amide bonds. The van der Waals surface area contributed by atoms with Crippen LogP contribution in [0.1, 0.15) is 30.6 Å². The van der Waals surface area contributed by atoms with Gasteiger partial charge in [-0.05, 0) is 30.3 Å². The van der Waals surface area contributed by atoms with Gasteiger partial charge in [-0.1, -0.05) is 26.0 Å². The van der Waals surface area contributed by atoms with Crippen LogP contribution in [0.3, 0.4) is 0 Å². The fraction of sp³-hybridized carbons (Fsp3) is 0.400. The van der Waals surface area contributed by atoms with Gasteiger partial charge in [0.05, 0.1) is 11.3 Å². The zero-order valence-electron chi connectivity index (χ0n) is 12.8. The second-order valence-corrected chi connectivity index (χ2v) is 5.75. The maximum absolute atomic E-state index is 12.1. The summed E-state index contributed by atoms with van der Waals surface area (Å²) >= 11 is 5.11. The second-order valence-electron chi connectivity index (χ2n) is 5.35. The molecule has 114 valence electrons. The van der Waals surface area contributed by atoms with E-state index in [9.17, 15) is 9.59 Å². The first-order chi connectivity index (χ1) is 9.81. The number of carbonyl (C=O) groups is 2. The van der Waals surface area contributed by atoms with Crippen LogP contribution < -0.4 is 10.6 Å². The van der Waals surface area contributed by atoms with E-state index in [1.807, 2.05) is 13.8 Å². The van der Waals surface area contributed by atoms with E-state index < -0.39 is 0 Å². The smallest absolute Gasteiger partial charge is 0.255 e. The monoisotopic (exact) mass is 307 g/mol. The van der Waals surface area contributed by atoms with Crippen molar-refractivity contribution in [3.8, 4) is 0 Å². The third-order valence-corrected chi connectivity index (χ3v) is 2.86. The Morgan fingerprint density at radius 3 is 2.43 bits per heavy atom. The van der Waals surface area contributed by atoms with Crippen LogP contribution in [0.25, 0.3) is 0 Å². The van der Waals surface area contributed by atoms with Crippen LogP contribution in [0.2, 0.25) is 0 Å². The van der Waals surface area contributed by atoms with Gasteiger partial charge in [-0.3, -0.25) is 9.59 Å². The van der Waals surface area contributed by atoms with Crippen molar-refractivity contribution in [2.45, 2.75) is 20.3 Å². The van der Waals surface area contributed by atoms with Crippen molar-refractivity contribution in [3.05, 3.63) is 29.8 Å². The van der Waals surface area contributed by atoms with E-state index >= 15 is 0 Å². The van der Waals surface area contributed by atoms with Crippen molar-refractivity contribution >= 4 is 34.8 Å². The van der Waals surface area contributed by atoms with Gasteiger partial charge in [0, 0.05) is 20.5 Å². The van der Waals surface area contributed by atoms with Crippen molar-refractivity contribution in [1.82, 2.24) is 10.2 Å². The fourth-order valence-corrected chi connectivity index (χ4v) is 1.95. The summed E-state index contributed by atoms with van der Waals surface area (Å²) in [5, 5.41) is 5.71. The average Bonchev–Trinajstić information content (AvgIpc) is 2.37. The topological polar surface area (TPSA) is 61.4 Å². The number of para-hydroxylation sites is 1. The van der Waals surface area contributed by atoms with Crippen molar-refractivity contribution < 1.29 is 9.59 Å². The van der Waals surface area contributed by atoms with E-state index in [1.54, 1.807) is 38.4 Å². The summed E-state index contributed by atoms with van der Waals surface area (Å²) in [6, 6.07) is 7.04. The molecule has 1 aromatic carbocycles. The summed E-state index contributed by atoms with van der Waals surface area (Å²) in [4.78, 5) is 25.2. The summed E-state index contributed by atoms with van der Waals surface area (Å²) in [6.07, 6.45) is 0.403. The molecular formula is C15H21N3O2S. The van der Waals surface area contributed by atoms with Crippen LogP contribution in [0.5, 0.6) is 0 Å². The van der Waals surface area contributed by atoms with Crippen LogP contribution in [0, 0.1) is 5.92 Å². The summed E-state index contributed by atoms with van der Waals surface area (Å²) in [5.74, 6) is -0.0104. The predicted molar refractivity (Wildman–Crippen MR) is 88.3 cm³/mol. The van der Waals surface area contributed by atoms with Crippen LogP contribution in [0.4, 0.5) is 5.69 Å². The van der Waals surface area contributed by atoms with Crippen molar-refractivity contribution in [1.29, 1.82) is 0 Å². The molecule has 0 aliphatic carbocycles. The lowest BCUT2D eigenvalue weighted by Crippen LogP contribution is -2.35. The molecule has 0 radical (unpaired) electrons. The van der Waals surface area contributed by atoms with Gasteiger partial charge in [-0.2, -0.15) is 0 Å². The highest BCUT2D eigenvalue weighted by molar-refractivity contribution is 7.80. The van der Waals surface area contributed by atoms with Gasteiger partial charge in [0.25, 0.3) is 5.91 Å². The van der Waals surface area contributed by atoms with E-state index in [4.69, 9.17) is 12.2 Å². The number of rotatable bonds is 4. The van der Waals surface area contributed by atoms with E-state index in [0.29, 0.717) is 17.7 Å². The van der Waals surface area contributed by atoms with E-state index in [2.05, 4.69) is 10.6 Å². The van der Waals surface area contributed by atoms with Gasteiger partial charge in [0.1, 0.15) is 0 Å². The molecule has 0 aliphatic rings. The van der Waals surface area contributed by atoms with E-state index in [-0.39, 0.29) is 22.8 Å². The first kappa shape index (κ1) is 17.1. The van der Waals surface area contributed by atoms with Gasteiger partial charge in [-0.15, -0.1) is 0 Å². The zero-order valence-corrected chi connectivity index (χ0v) is 13.6. The number of nitrogens with zero attached hydrogens (tertiary/aromatic N) is 1. The standard InChI is InChI=1S/C15H21N3O2S/c1-10(2)9-13(19)17-15(21)16-12-8-6-5-7-11(12)14(20)18(3)4/h5-8,10H,9H2,1-4H3,(H2,16,17,19,21). The highest BCUT2D eigenvalue weighted by Crippen LogP contribution is 2.16. The molecule has 0 saturated heterocycles. The summed E-state index contributed by atoms with van der Waals surface area (Å²) < 4.78 is 0. The molecule has 0 fully saturated rings. The lowest BCUT2D eigenvalue weighted by atomic mass is 10.1. The quantitative estimate of drug-likeness (QED) is 0.838. The third kappa shape index (κ3) is 5.51. The first-order valence-electron chi connectivity index (χ1n) is 6.72. The number of carbonyl (C=O) groups excluding carboxylic acids is 2. The van der Waals surface area contributed by atoms with Gasteiger partial charge in [0.15, 0.2) is 5.11 Å². The molecule has 2 N–H and O–H groups in total. The molecule has 0 heterocycles. The Morgan fingerprint density at radius 1 is 1.24 bits per heavy atom. The van der Waals surface area contributed by atoms with Crippen LogP contribution in [-0.2, 0) is 4.79 Å². The number of hydrogen-bond donors (Lipinski definition) is 2. The Kier molecular flexibility index (Phi) is 6.30. The number of amides is 2. The number of anilines is 1. The SMILES string of the molecule is CC(C)CC(=O)NC(=S)Nc1ccccc1C(=O)N(C)C. The fourth-order valence-electron chi connectivity index (χ4n) is 1.72. The Morgan fingerprint density at radius 2 is 1.86 bits per heavy atom. The minimum absolute atomic E-state index is 0.130. The molecule has 0 spiro atoms. The molecule has 6 heteroatoms. The minimum Gasteiger partial charge on any atom is -0.345 e. The van der Waals surface area contributed by atoms with Gasteiger partial charge in [0.2, 0.25) is 5.91 Å². The molecule has 0 atom stereocenters. The molecule has 0 aliphatic heterocycles. The van der Waals surface area contributed by atoms with Crippen molar-refractivity contribution in [2.24, 2.45) is 5.92 Å². The molecule has 1 aromatic rings. The van der Waals surface area contributed by atoms with Gasteiger partial charge in [-0.25, -0.2) is 0 Å². The van der Waals surface area contributed by atoms with E-state index in [0.717, 1.165) is 0 Å². The summed E-state index contributed by atoms with van der Waals surface area (Å²) in [6.45, 7) is 3.92. The average molecular weight is 307 g/mol. The zero-order chi connectivity index (χ0) is 16.0. The molecule has 21 heavy (non-hydrogen) atoms. The summed E-state index contributed by atoms with van der Waals surface area (Å²) in [7, 11) is 3.36. The van der Waals surface area contributed by atoms with E-state index in [1.165, 1.54) is 4.90 Å². The number of benzene rings is 1. The van der Waals surface area contributed by atoms with Crippen LogP contribution in [0.15, 0.2) is 24.3 Å². The maximum Gasteiger partial charge on any atom is 0.255 e. The third-order valence-electron chi connectivity index (χ3n) is 2.66.